The van der Waals surface area contributed by atoms with Gasteiger partial charge in [-0.3, -0.25) is 9.59 Å². The molecule has 0 saturated heterocycles. The van der Waals surface area contributed by atoms with Crippen molar-refractivity contribution in [3.63, 3.8) is 0 Å². The van der Waals surface area contributed by atoms with Gasteiger partial charge in [0.25, 0.3) is 5.91 Å². The molecule has 15 heavy (non-hydrogen) atoms. The first kappa shape index (κ1) is 10.3. The smallest absolute Gasteiger partial charge is 0.255 e. The summed E-state index contributed by atoms with van der Waals surface area (Å²) in [7, 11) is 0. The van der Waals surface area contributed by atoms with Crippen molar-refractivity contribution in [3.05, 3.63) is 27.7 Å². The number of carbonyl (C=O) groups excluding carboxylic acids is 2. The van der Waals surface area contributed by atoms with E-state index in [2.05, 4.69) is 10.6 Å². The highest BCUT2D eigenvalue weighted by atomic mass is 35.5. The summed E-state index contributed by atoms with van der Waals surface area (Å²) in [5.74, 6) is -0.734. The van der Waals surface area contributed by atoms with Crippen LogP contribution in [0.1, 0.15) is 10.4 Å². The van der Waals surface area contributed by atoms with E-state index in [1.807, 2.05) is 0 Å². The van der Waals surface area contributed by atoms with Crippen LogP contribution in [0.4, 0.5) is 5.69 Å². The Hall–Kier alpha value is -1.26. The molecular weight excluding hydrogens is 239 g/mol. The van der Waals surface area contributed by atoms with E-state index in [0.717, 1.165) is 0 Å². The molecule has 0 unspecified atom stereocenters. The van der Waals surface area contributed by atoms with E-state index >= 15 is 0 Å². The number of hydrogen-bond donors (Lipinski definition) is 2. The Morgan fingerprint density at radius 2 is 1.80 bits per heavy atom. The van der Waals surface area contributed by atoms with Crippen molar-refractivity contribution in [2.24, 2.45) is 0 Å². The first-order chi connectivity index (χ1) is 7.09. The number of carbonyl (C=O) groups is 2. The summed E-state index contributed by atoms with van der Waals surface area (Å²) in [6, 6.07) is 3.04. The van der Waals surface area contributed by atoms with Gasteiger partial charge in [-0.05, 0) is 12.1 Å². The summed E-state index contributed by atoms with van der Waals surface area (Å²) in [6.45, 7) is -0.0832. The first-order valence-corrected chi connectivity index (χ1v) is 4.91. The van der Waals surface area contributed by atoms with Crippen LogP contribution in [0.3, 0.4) is 0 Å². The van der Waals surface area contributed by atoms with Gasteiger partial charge in [-0.2, -0.15) is 0 Å². The van der Waals surface area contributed by atoms with E-state index in [1.54, 1.807) is 0 Å². The third-order valence-corrected chi connectivity index (χ3v) is 2.63. The quantitative estimate of drug-likeness (QED) is 0.730. The normalized spacial score (nSPS) is 15.1. The molecule has 1 aliphatic heterocycles. The predicted octanol–water partition coefficient (Wildman–Crippen LogP) is 1.68. The van der Waals surface area contributed by atoms with Gasteiger partial charge >= 0.3 is 0 Å². The topological polar surface area (TPSA) is 58.2 Å². The average Bonchev–Trinajstić information content (AvgIpc) is 2.34. The first-order valence-electron chi connectivity index (χ1n) is 4.15. The van der Waals surface area contributed by atoms with Gasteiger partial charge in [0.2, 0.25) is 5.91 Å². The van der Waals surface area contributed by atoms with Crippen LogP contribution < -0.4 is 10.6 Å². The molecule has 1 heterocycles. The monoisotopic (exact) mass is 244 g/mol. The van der Waals surface area contributed by atoms with Crippen LogP contribution in [-0.4, -0.2) is 18.4 Å². The molecule has 78 valence electrons. The van der Waals surface area contributed by atoms with Crippen molar-refractivity contribution in [2.45, 2.75) is 0 Å². The largest absolute Gasteiger partial charge is 0.343 e. The van der Waals surface area contributed by atoms with E-state index in [1.165, 1.54) is 12.1 Å². The Kier molecular flexibility index (Phi) is 2.54. The third-order valence-electron chi connectivity index (χ3n) is 2.00. The van der Waals surface area contributed by atoms with E-state index in [0.29, 0.717) is 5.02 Å². The molecule has 1 aromatic rings. The van der Waals surface area contributed by atoms with Crippen molar-refractivity contribution in [1.82, 2.24) is 5.32 Å². The number of nitrogens with one attached hydrogen (secondary N) is 2. The second kappa shape index (κ2) is 3.72. The summed E-state index contributed by atoms with van der Waals surface area (Å²) in [5, 5.41) is 5.50. The fraction of sp³-hybridized carbons (Fsp3) is 0.111. The molecule has 0 fully saturated rings. The van der Waals surface area contributed by atoms with Gasteiger partial charge < -0.3 is 10.6 Å². The molecule has 0 aromatic heterocycles. The van der Waals surface area contributed by atoms with Crippen LogP contribution >= 0.6 is 23.2 Å². The zero-order chi connectivity index (χ0) is 11.0. The van der Waals surface area contributed by atoms with Gasteiger partial charge in [-0.1, -0.05) is 23.2 Å². The maximum atomic E-state index is 11.6. The van der Waals surface area contributed by atoms with Gasteiger partial charge in [-0.15, -0.1) is 0 Å². The van der Waals surface area contributed by atoms with E-state index in [9.17, 15) is 9.59 Å². The summed E-state index contributed by atoms with van der Waals surface area (Å²) in [4.78, 5) is 22.8. The maximum Gasteiger partial charge on any atom is 0.255 e. The highest BCUT2D eigenvalue weighted by Crippen LogP contribution is 2.32. The number of halogens is 2. The summed E-state index contributed by atoms with van der Waals surface area (Å²) < 4.78 is 0. The fourth-order valence-electron chi connectivity index (χ4n) is 1.33. The molecule has 2 amide bonds. The lowest BCUT2D eigenvalue weighted by atomic mass is 10.1. The standard InChI is InChI=1S/C9H6Cl2N2O2/c10-4-1-2-5(11)8-7(4)9(15)12-3-6(14)13-8/h1-2H,3H2,(H,12,15)(H,13,14). The molecular formula is C9H6Cl2N2O2. The van der Waals surface area contributed by atoms with E-state index in [4.69, 9.17) is 23.2 Å². The van der Waals surface area contributed by atoms with Crippen molar-refractivity contribution in [2.75, 3.05) is 11.9 Å². The molecule has 0 aliphatic carbocycles. The Labute approximate surface area is 95.5 Å². The number of amides is 2. The molecule has 6 heteroatoms. The van der Waals surface area contributed by atoms with Crippen LogP contribution in [0.15, 0.2) is 12.1 Å². The number of rotatable bonds is 0. The van der Waals surface area contributed by atoms with Crippen LogP contribution in [-0.2, 0) is 4.79 Å². The zero-order valence-corrected chi connectivity index (χ0v) is 8.95. The van der Waals surface area contributed by atoms with Crippen LogP contribution in [0, 0.1) is 0 Å². The van der Waals surface area contributed by atoms with Crippen molar-refractivity contribution in [1.29, 1.82) is 0 Å². The molecule has 4 nitrogen and oxygen atoms in total. The average molecular weight is 245 g/mol. The minimum atomic E-state index is -0.407. The summed E-state index contributed by atoms with van der Waals surface area (Å²) in [6.07, 6.45) is 0. The molecule has 0 spiro atoms. The highest BCUT2D eigenvalue weighted by Gasteiger charge is 2.23. The van der Waals surface area contributed by atoms with E-state index < -0.39 is 5.91 Å². The second-order valence-electron chi connectivity index (χ2n) is 3.01. The molecule has 2 N–H and O–H groups in total. The third kappa shape index (κ3) is 1.78. The van der Waals surface area contributed by atoms with Gasteiger partial charge in [0.05, 0.1) is 27.8 Å². The number of hydrogen-bond acceptors (Lipinski definition) is 2. The number of anilines is 1. The number of fused-ring (bicyclic) bond motifs is 1. The lowest BCUT2D eigenvalue weighted by Crippen LogP contribution is -2.28. The van der Waals surface area contributed by atoms with Crippen molar-refractivity contribution in [3.8, 4) is 0 Å². The van der Waals surface area contributed by atoms with E-state index in [-0.39, 0.29) is 28.7 Å². The van der Waals surface area contributed by atoms with Crippen LogP contribution in [0.25, 0.3) is 0 Å². The molecule has 1 aliphatic rings. The Morgan fingerprint density at radius 1 is 1.13 bits per heavy atom. The fourth-order valence-corrected chi connectivity index (χ4v) is 1.78. The molecule has 0 bridgehead atoms. The van der Waals surface area contributed by atoms with Crippen molar-refractivity contribution >= 4 is 40.7 Å². The lowest BCUT2D eigenvalue weighted by Gasteiger charge is -2.08. The molecule has 0 saturated carbocycles. The van der Waals surface area contributed by atoms with Crippen LogP contribution in [0.5, 0.6) is 0 Å². The molecule has 2 rings (SSSR count). The SMILES string of the molecule is O=C1CNC(=O)c2c(Cl)ccc(Cl)c2N1. The number of benzene rings is 1. The summed E-state index contributed by atoms with van der Waals surface area (Å²) >= 11 is 11.7. The highest BCUT2D eigenvalue weighted by molar-refractivity contribution is 6.39. The Balaban J connectivity index is 2.66. The predicted molar refractivity (Wildman–Crippen MR) is 57.4 cm³/mol. The lowest BCUT2D eigenvalue weighted by molar-refractivity contribution is -0.115. The van der Waals surface area contributed by atoms with Crippen molar-refractivity contribution < 1.29 is 9.59 Å². The Bertz CT molecular complexity index is 460. The molecule has 0 atom stereocenters. The van der Waals surface area contributed by atoms with Gasteiger partial charge in [0.1, 0.15) is 0 Å². The van der Waals surface area contributed by atoms with Crippen LogP contribution in [0.2, 0.25) is 10.0 Å². The second-order valence-corrected chi connectivity index (χ2v) is 3.82. The maximum absolute atomic E-state index is 11.6. The van der Waals surface area contributed by atoms with Gasteiger partial charge in [-0.25, -0.2) is 0 Å². The summed E-state index contributed by atoms with van der Waals surface area (Å²) in [5.41, 5.74) is 0.471. The van der Waals surface area contributed by atoms with Gasteiger partial charge in [0, 0.05) is 0 Å². The van der Waals surface area contributed by atoms with Gasteiger partial charge in [0.15, 0.2) is 0 Å². The molecule has 0 radical (unpaired) electrons. The zero-order valence-electron chi connectivity index (χ0n) is 7.43. The minimum Gasteiger partial charge on any atom is -0.343 e. The molecule has 1 aromatic carbocycles. The Morgan fingerprint density at radius 3 is 2.53 bits per heavy atom. The minimum absolute atomic E-state index is 0.0832.